The number of piperidine rings is 1. The van der Waals surface area contributed by atoms with Crippen molar-refractivity contribution in [3.63, 3.8) is 0 Å². The van der Waals surface area contributed by atoms with Gasteiger partial charge < -0.3 is 14.6 Å². The monoisotopic (exact) mass is 328 g/mol. The zero-order chi connectivity index (χ0) is 17.1. The first-order chi connectivity index (χ1) is 11.6. The number of carboxylic acids is 1. The van der Waals surface area contributed by atoms with Crippen molar-refractivity contribution < 1.29 is 14.7 Å². The molecule has 1 fully saturated rings. The predicted molar refractivity (Wildman–Crippen MR) is 92.9 cm³/mol. The molecule has 1 aliphatic heterocycles. The van der Waals surface area contributed by atoms with Crippen LogP contribution in [0, 0.1) is 5.92 Å². The molecule has 1 saturated heterocycles. The zero-order valence-corrected chi connectivity index (χ0v) is 14.1. The molecule has 1 aromatic heterocycles. The lowest BCUT2D eigenvalue weighted by molar-refractivity contribution is -0.138. The topological polar surface area (TPSA) is 62.5 Å². The van der Waals surface area contributed by atoms with E-state index in [1.165, 1.54) is 5.52 Å². The van der Waals surface area contributed by atoms with Crippen LogP contribution in [0.4, 0.5) is 0 Å². The molecule has 0 atom stereocenters. The number of carbonyl (C=O) groups is 2. The van der Waals surface area contributed by atoms with Crippen molar-refractivity contribution in [2.75, 3.05) is 13.1 Å². The molecule has 1 aliphatic rings. The first kappa shape index (κ1) is 16.6. The van der Waals surface area contributed by atoms with Gasteiger partial charge in [0.25, 0.3) is 0 Å². The van der Waals surface area contributed by atoms with E-state index in [0.29, 0.717) is 19.5 Å². The Morgan fingerprint density at radius 3 is 2.58 bits per heavy atom. The third-order valence-electron chi connectivity index (χ3n) is 4.98. The highest BCUT2D eigenvalue weighted by atomic mass is 16.4. The van der Waals surface area contributed by atoms with Crippen LogP contribution in [0.1, 0.15) is 31.7 Å². The van der Waals surface area contributed by atoms with Gasteiger partial charge in [-0.2, -0.15) is 0 Å². The largest absolute Gasteiger partial charge is 0.481 e. The third kappa shape index (κ3) is 3.45. The van der Waals surface area contributed by atoms with Crippen molar-refractivity contribution in [1.82, 2.24) is 9.47 Å². The van der Waals surface area contributed by atoms with E-state index < -0.39 is 5.97 Å². The molecule has 3 rings (SSSR count). The maximum Gasteiger partial charge on any atom is 0.303 e. The second-order valence-corrected chi connectivity index (χ2v) is 6.56. The Labute approximate surface area is 141 Å². The Morgan fingerprint density at radius 1 is 1.21 bits per heavy atom. The van der Waals surface area contributed by atoms with Gasteiger partial charge in [-0.25, -0.2) is 0 Å². The fourth-order valence-electron chi connectivity index (χ4n) is 3.63. The van der Waals surface area contributed by atoms with Crippen LogP contribution in [0.3, 0.4) is 0 Å². The smallest absolute Gasteiger partial charge is 0.303 e. The summed E-state index contributed by atoms with van der Waals surface area (Å²) >= 11 is 0. The summed E-state index contributed by atoms with van der Waals surface area (Å²) in [5.74, 6) is -0.400. The molecule has 1 amide bonds. The number of hydrogen-bond donors (Lipinski definition) is 1. The predicted octanol–water partition coefficient (Wildman–Crippen LogP) is 2.92. The van der Waals surface area contributed by atoms with Crippen LogP contribution in [0.25, 0.3) is 10.9 Å². The van der Waals surface area contributed by atoms with Crippen molar-refractivity contribution in [3.05, 3.63) is 36.0 Å². The van der Waals surface area contributed by atoms with Gasteiger partial charge in [0, 0.05) is 43.2 Å². The summed E-state index contributed by atoms with van der Waals surface area (Å²) in [5.41, 5.74) is 2.24. The molecule has 2 aromatic rings. The van der Waals surface area contributed by atoms with Crippen molar-refractivity contribution >= 4 is 22.8 Å². The molecule has 0 saturated carbocycles. The summed E-state index contributed by atoms with van der Waals surface area (Å²) in [4.78, 5) is 25.3. The zero-order valence-electron chi connectivity index (χ0n) is 14.1. The number of nitrogens with zero attached hydrogens (tertiary/aromatic N) is 2. The van der Waals surface area contributed by atoms with E-state index in [0.717, 1.165) is 30.3 Å². The number of aromatic nitrogens is 1. The second kappa shape index (κ2) is 7.07. The van der Waals surface area contributed by atoms with Crippen LogP contribution in [0.5, 0.6) is 0 Å². The summed E-state index contributed by atoms with van der Waals surface area (Å²) < 4.78 is 2.18. The average Bonchev–Trinajstić information content (AvgIpc) is 2.93. The number of amides is 1. The minimum absolute atomic E-state index is 0.141. The third-order valence-corrected chi connectivity index (χ3v) is 4.98. The molecule has 5 heteroatoms. The van der Waals surface area contributed by atoms with Crippen LogP contribution in [-0.4, -0.2) is 39.5 Å². The van der Waals surface area contributed by atoms with Gasteiger partial charge in [-0.15, -0.1) is 0 Å². The fourth-order valence-corrected chi connectivity index (χ4v) is 3.63. The molecule has 0 aliphatic carbocycles. The number of aryl methyl sites for hydroxylation is 1. The number of carboxylic acid groups (broad SMARTS) is 1. The van der Waals surface area contributed by atoms with E-state index in [1.807, 2.05) is 17.0 Å². The number of benzene rings is 1. The SMILES string of the molecule is CCn1cc(CC(=O)N2CCC(CC(=O)O)CC2)c2ccccc21. The lowest BCUT2D eigenvalue weighted by Gasteiger charge is -2.31. The minimum atomic E-state index is -0.743. The number of likely N-dealkylation sites (tertiary alicyclic amines) is 1. The van der Waals surface area contributed by atoms with Crippen LogP contribution < -0.4 is 0 Å². The summed E-state index contributed by atoms with van der Waals surface area (Å²) in [7, 11) is 0. The lowest BCUT2D eigenvalue weighted by Crippen LogP contribution is -2.39. The van der Waals surface area contributed by atoms with Crippen LogP contribution in [0.15, 0.2) is 30.5 Å². The first-order valence-electron chi connectivity index (χ1n) is 8.64. The van der Waals surface area contributed by atoms with Crippen LogP contribution in [0.2, 0.25) is 0 Å². The summed E-state index contributed by atoms with van der Waals surface area (Å²) in [6, 6.07) is 8.19. The van der Waals surface area contributed by atoms with E-state index in [2.05, 4.69) is 29.8 Å². The van der Waals surface area contributed by atoms with Crippen LogP contribution >= 0.6 is 0 Å². The number of fused-ring (bicyclic) bond motifs is 1. The quantitative estimate of drug-likeness (QED) is 0.918. The maximum atomic E-state index is 12.6. The van der Waals surface area contributed by atoms with E-state index in [4.69, 9.17) is 5.11 Å². The standard InChI is InChI=1S/C19H24N2O3/c1-2-20-13-15(16-5-3-4-6-17(16)20)12-18(22)21-9-7-14(8-10-21)11-19(23)24/h3-6,13-14H,2,7-12H2,1H3,(H,23,24). The lowest BCUT2D eigenvalue weighted by atomic mass is 9.93. The van der Waals surface area contributed by atoms with Gasteiger partial charge in [-0.3, -0.25) is 9.59 Å². The van der Waals surface area contributed by atoms with Crippen molar-refractivity contribution in [2.45, 2.75) is 39.2 Å². The van der Waals surface area contributed by atoms with E-state index in [-0.39, 0.29) is 18.2 Å². The van der Waals surface area contributed by atoms with Gasteiger partial charge >= 0.3 is 5.97 Å². The molecule has 5 nitrogen and oxygen atoms in total. The number of carbonyl (C=O) groups excluding carboxylic acids is 1. The molecule has 0 bridgehead atoms. The summed E-state index contributed by atoms with van der Waals surface area (Å²) in [5, 5.41) is 10.0. The first-order valence-corrected chi connectivity index (χ1v) is 8.64. The number of aliphatic carboxylic acids is 1. The van der Waals surface area contributed by atoms with Crippen molar-refractivity contribution in [3.8, 4) is 0 Å². The Balaban J connectivity index is 1.67. The molecule has 2 heterocycles. The van der Waals surface area contributed by atoms with Gasteiger partial charge in [-0.05, 0) is 37.3 Å². The van der Waals surface area contributed by atoms with Gasteiger partial charge in [0.15, 0.2) is 0 Å². The Morgan fingerprint density at radius 2 is 1.92 bits per heavy atom. The Kier molecular flexibility index (Phi) is 4.88. The second-order valence-electron chi connectivity index (χ2n) is 6.56. The van der Waals surface area contributed by atoms with E-state index >= 15 is 0 Å². The molecular formula is C19H24N2O3. The van der Waals surface area contributed by atoms with E-state index in [9.17, 15) is 9.59 Å². The normalized spacial score (nSPS) is 15.8. The summed E-state index contributed by atoms with van der Waals surface area (Å²) in [6.45, 7) is 4.33. The molecule has 0 radical (unpaired) electrons. The van der Waals surface area contributed by atoms with Gasteiger partial charge in [0.1, 0.15) is 0 Å². The van der Waals surface area contributed by atoms with Gasteiger partial charge in [-0.1, -0.05) is 18.2 Å². The number of para-hydroxylation sites is 1. The molecule has 1 N–H and O–H groups in total. The molecule has 128 valence electrons. The fraction of sp³-hybridized carbons (Fsp3) is 0.474. The van der Waals surface area contributed by atoms with E-state index in [1.54, 1.807) is 0 Å². The average molecular weight is 328 g/mol. The number of rotatable bonds is 5. The highest BCUT2D eigenvalue weighted by Crippen LogP contribution is 2.24. The molecule has 1 aromatic carbocycles. The molecule has 0 spiro atoms. The van der Waals surface area contributed by atoms with Gasteiger partial charge in [0.05, 0.1) is 6.42 Å². The Hall–Kier alpha value is -2.30. The Bertz CT molecular complexity index is 742. The molecule has 0 unspecified atom stereocenters. The molecular weight excluding hydrogens is 304 g/mol. The highest BCUT2D eigenvalue weighted by molar-refractivity contribution is 5.89. The highest BCUT2D eigenvalue weighted by Gasteiger charge is 2.24. The van der Waals surface area contributed by atoms with Crippen LogP contribution in [-0.2, 0) is 22.6 Å². The maximum absolute atomic E-state index is 12.6. The molecule has 24 heavy (non-hydrogen) atoms. The summed E-state index contributed by atoms with van der Waals surface area (Å²) in [6.07, 6.45) is 4.28. The van der Waals surface area contributed by atoms with Gasteiger partial charge in [0.2, 0.25) is 5.91 Å². The van der Waals surface area contributed by atoms with Crippen molar-refractivity contribution in [2.24, 2.45) is 5.92 Å². The minimum Gasteiger partial charge on any atom is -0.481 e. The van der Waals surface area contributed by atoms with Crippen molar-refractivity contribution in [1.29, 1.82) is 0 Å². The number of hydrogen-bond acceptors (Lipinski definition) is 2.